The van der Waals surface area contributed by atoms with Crippen molar-refractivity contribution in [2.24, 2.45) is 0 Å². The first-order valence-electron chi connectivity index (χ1n) is 12.1. The van der Waals surface area contributed by atoms with Gasteiger partial charge in [0.25, 0.3) is 0 Å². The molecule has 0 atom stereocenters. The monoisotopic (exact) mass is 556 g/mol. The van der Waals surface area contributed by atoms with E-state index in [2.05, 4.69) is 4.74 Å². The molecule has 0 bridgehead atoms. The van der Waals surface area contributed by atoms with Gasteiger partial charge >= 0.3 is 23.3 Å². The fraction of sp³-hybridized carbons (Fsp3) is 0.917. The molecule has 220 valence electrons. The van der Waals surface area contributed by atoms with Gasteiger partial charge in [-0.1, -0.05) is 0 Å². The van der Waals surface area contributed by atoms with E-state index in [0.717, 1.165) is 0 Å². The van der Waals surface area contributed by atoms with Crippen molar-refractivity contribution in [2.45, 2.75) is 101 Å². The summed E-state index contributed by atoms with van der Waals surface area (Å²) in [6.45, 7) is 20.4. The third kappa shape index (κ3) is 42.6. The minimum absolute atomic E-state index is 0. The van der Waals surface area contributed by atoms with Crippen LogP contribution in [0.1, 0.15) is 82.6 Å². The van der Waals surface area contributed by atoms with Crippen molar-refractivity contribution in [1.29, 1.82) is 0 Å². The summed E-state index contributed by atoms with van der Waals surface area (Å²) in [7, 11) is 0. The molecule has 0 rings (SSSR count). The van der Waals surface area contributed by atoms with Crippen LogP contribution in [0.3, 0.4) is 0 Å². The average Bonchev–Trinajstić information content (AvgIpc) is 2.68. The largest absolute Gasteiger partial charge is 3.00 e. The van der Waals surface area contributed by atoms with Gasteiger partial charge in [0.05, 0.1) is 24.5 Å². The molecule has 0 spiro atoms. The Morgan fingerprint density at radius 2 is 0.757 bits per heavy atom. The first-order valence-corrected chi connectivity index (χ1v) is 12.1. The summed E-state index contributed by atoms with van der Waals surface area (Å²) >= 11 is 0. The number of Topliss-reactive ketones (excluding diaryl/α,β-unsaturated/α-hetero) is 1. The molecule has 0 saturated heterocycles. The number of ether oxygens (including phenoxy) is 7. The van der Waals surface area contributed by atoms with Crippen LogP contribution in [-0.4, -0.2) is 93.3 Å². The first-order chi connectivity index (χ1) is 16.5. The Kier molecular flexibility index (Phi) is 35.4. The maximum Gasteiger partial charge on any atom is 3.00 e. The molecule has 0 unspecified atom stereocenters. The summed E-state index contributed by atoms with van der Waals surface area (Å²) in [4.78, 5) is 20.6. The Bertz CT molecular complexity index is 442. The molecule has 0 aliphatic carbocycles. The van der Waals surface area contributed by atoms with E-state index in [1.165, 1.54) is 27.7 Å². The topological polar surface area (TPSA) is 168 Å². The van der Waals surface area contributed by atoms with Gasteiger partial charge in [-0.15, -0.1) is 0 Å². The minimum atomic E-state index is -1.65. The second-order valence-corrected chi connectivity index (χ2v) is 6.87. The number of rotatable bonds is 15. The van der Waals surface area contributed by atoms with Gasteiger partial charge in [0.1, 0.15) is 12.2 Å². The normalized spacial score (nSPS) is 10.9. The fourth-order valence-electron chi connectivity index (χ4n) is 2.11. The van der Waals surface area contributed by atoms with Crippen LogP contribution >= 0.6 is 0 Å². The van der Waals surface area contributed by atoms with Gasteiger partial charge in [-0.05, 0) is 76.2 Å². The summed E-state index contributed by atoms with van der Waals surface area (Å²) in [6, 6.07) is 0. The van der Waals surface area contributed by atoms with E-state index >= 15 is 0 Å². The zero-order chi connectivity index (χ0) is 29.3. The van der Waals surface area contributed by atoms with Crippen molar-refractivity contribution >= 4 is 29.1 Å². The molecule has 0 fully saturated rings. The van der Waals surface area contributed by atoms with Crippen molar-refractivity contribution in [3.63, 3.8) is 0 Å². The molecule has 0 aliphatic heterocycles. The van der Waals surface area contributed by atoms with Crippen LogP contribution in [0.2, 0.25) is 0 Å². The van der Waals surface area contributed by atoms with E-state index in [-0.39, 0.29) is 29.6 Å². The van der Waals surface area contributed by atoms with Crippen molar-refractivity contribution in [2.75, 3.05) is 46.2 Å². The molecule has 0 amide bonds. The summed E-state index contributed by atoms with van der Waals surface area (Å²) in [5, 5.41) is 32.6. The van der Waals surface area contributed by atoms with E-state index in [1.54, 1.807) is 48.5 Å². The Morgan fingerprint density at radius 1 is 0.541 bits per heavy atom. The molecular formula is C24H49AlO12. The predicted molar refractivity (Wildman–Crippen MR) is 133 cm³/mol. The van der Waals surface area contributed by atoms with Gasteiger partial charge in [-0.3, -0.25) is 9.59 Å². The standard InChI is InChI=1S/3C6H13O3.C6H10O3.Al/c3*1-4-8-6(3,7)9-5-2;1-3-9-6(8)4-5(2)7;/h3*4-5H2,1-3H3;3-4H2,1-2H3;/q3*-1;;+3. The third-order valence-corrected chi connectivity index (χ3v) is 3.14. The molecule has 0 aromatic carbocycles. The van der Waals surface area contributed by atoms with E-state index in [4.69, 9.17) is 28.4 Å². The smallest absolute Gasteiger partial charge is 0.807 e. The number of hydrogen-bond donors (Lipinski definition) is 0. The minimum Gasteiger partial charge on any atom is -0.807 e. The van der Waals surface area contributed by atoms with Crippen molar-refractivity contribution in [1.82, 2.24) is 0 Å². The van der Waals surface area contributed by atoms with Crippen LogP contribution in [0.4, 0.5) is 0 Å². The average molecular weight is 557 g/mol. The van der Waals surface area contributed by atoms with Crippen molar-refractivity contribution < 1.29 is 58.1 Å². The third-order valence-electron chi connectivity index (χ3n) is 3.14. The molecule has 37 heavy (non-hydrogen) atoms. The molecule has 0 heterocycles. The van der Waals surface area contributed by atoms with Crippen LogP contribution in [0.5, 0.6) is 0 Å². The van der Waals surface area contributed by atoms with E-state index in [1.807, 2.05) is 0 Å². The van der Waals surface area contributed by atoms with Crippen LogP contribution in [0.25, 0.3) is 0 Å². The maximum absolute atomic E-state index is 10.9. The molecular weight excluding hydrogens is 507 g/mol. The molecule has 0 radical (unpaired) electrons. The molecule has 13 heteroatoms. The molecule has 0 aliphatic rings. The van der Waals surface area contributed by atoms with E-state index in [0.29, 0.717) is 46.2 Å². The van der Waals surface area contributed by atoms with Crippen LogP contribution in [0, 0.1) is 0 Å². The maximum atomic E-state index is 10.9. The molecule has 0 N–H and O–H groups in total. The van der Waals surface area contributed by atoms with Gasteiger partial charge < -0.3 is 48.5 Å². The first kappa shape index (κ1) is 46.2. The second-order valence-electron chi connectivity index (χ2n) is 6.87. The Labute approximate surface area is 234 Å². The van der Waals surface area contributed by atoms with Crippen molar-refractivity contribution in [3.05, 3.63) is 0 Å². The number of hydrogen-bond acceptors (Lipinski definition) is 12. The number of carbonyl (C=O) groups excluding carboxylic acids is 2. The summed E-state index contributed by atoms with van der Waals surface area (Å²) in [5.41, 5.74) is 0. The molecule has 0 aromatic heterocycles. The molecule has 12 nitrogen and oxygen atoms in total. The van der Waals surface area contributed by atoms with Gasteiger partial charge in [0, 0.05) is 39.6 Å². The van der Waals surface area contributed by atoms with Crippen LogP contribution in [-0.2, 0) is 42.7 Å². The number of carbonyl (C=O) groups is 2. The second kappa shape index (κ2) is 28.3. The molecule has 0 aromatic rings. The summed E-state index contributed by atoms with van der Waals surface area (Å²) in [6.07, 6.45) is -0.103. The quantitative estimate of drug-likeness (QED) is 0.118. The van der Waals surface area contributed by atoms with E-state index < -0.39 is 23.9 Å². The fourth-order valence-corrected chi connectivity index (χ4v) is 2.11. The number of ketones is 1. The zero-order valence-corrected chi connectivity index (χ0v) is 25.8. The predicted octanol–water partition coefficient (Wildman–Crippen LogP) is 0.428. The summed E-state index contributed by atoms with van der Waals surface area (Å²) in [5.74, 6) is -5.55. The summed E-state index contributed by atoms with van der Waals surface area (Å²) < 4.78 is 32.6. The SMILES string of the molecule is CCOC(=O)CC(C)=O.CCOC(C)([O-])OCC.CCOC(C)([O-])OCC.CCOC(C)([O-])OCC.[Al+3]. The number of esters is 1. The van der Waals surface area contributed by atoms with E-state index in [9.17, 15) is 24.9 Å². The van der Waals surface area contributed by atoms with Gasteiger partial charge in [0.15, 0.2) is 0 Å². The van der Waals surface area contributed by atoms with Gasteiger partial charge in [-0.25, -0.2) is 0 Å². The van der Waals surface area contributed by atoms with Crippen LogP contribution in [0.15, 0.2) is 0 Å². The Hall–Kier alpha value is -0.688. The van der Waals surface area contributed by atoms with Crippen molar-refractivity contribution in [3.8, 4) is 0 Å². The van der Waals surface area contributed by atoms with Gasteiger partial charge in [-0.2, -0.15) is 0 Å². The Balaban J connectivity index is -0.000000122. The zero-order valence-electron chi connectivity index (χ0n) is 24.6. The molecule has 0 saturated carbocycles. The van der Waals surface area contributed by atoms with Gasteiger partial charge in [0.2, 0.25) is 0 Å². The Morgan fingerprint density at radius 3 is 0.892 bits per heavy atom. The van der Waals surface area contributed by atoms with Crippen LogP contribution < -0.4 is 15.3 Å².